The van der Waals surface area contributed by atoms with E-state index in [4.69, 9.17) is 9.47 Å². The van der Waals surface area contributed by atoms with Gasteiger partial charge in [-0.1, -0.05) is 0 Å². The first kappa shape index (κ1) is 24.5. The maximum atomic E-state index is 5.39. The predicted molar refractivity (Wildman–Crippen MR) is 127 cm³/mol. The average Bonchev–Trinajstić information content (AvgIpc) is 2.97. The lowest BCUT2D eigenvalue weighted by atomic mass is 10.2. The van der Waals surface area contributed by atoms with Crippen LogP contribution in [0.1, 0.15) is 23.4 Å². The van der Waals surface area contributed by atoms with E-state index in [1.54, 1.807) is 21.3 Å². The topological polar surface area (TPSA) is 72.7 Å². The molecule has 1 aromatic heterocycles. The molecule has 9 heteroatoms. The number of nitrogens with one attached hydrogen (secondary N) is 2. The Labute approximate surface area is 192 Å². The molecule has 0 aliphatic rings. The standard InChI is InChI=1S/C19H28BrN5O2.HI/c1-13-9-14(2)25(24-13)8-6-7-22-19(21-3)23-12-15-10-16(20)18(27-5)17(11-15)26-4;/h9-11H,6-8,12H2,1-5H3,(H2,21,22,23);1H. The lowest BCUT2D eigenvalue weighted by Crippen LogP contribution is -2.37. The molecule has 156 valence electrons. The molecule has 1 heterocycles. The molecule has 0 saturated heterocycles. The third-order valence-electron chi connectivity index (χ3n) is 4.12. The van der Waals surface area contributed by atoms with Crippen molar-refractivity contribution in [3.05, 3.63) is 39.6 Å². The average molecular weight is 566 g/mol. The molecule has 0 unspecified atom stereocenters. The van der Waals surface area contributed by atoms with E-state index in [1.807, 2.05) is 23.7 Å². The molecular weight excluding hydrogens is 537 g/mol. The SMILES string of the molecule is CN=C(NCCCn1nc(C)cc1C)NCc1cc(Br)c(OC)c(OC)c1.I. The molecule has 7 nitrogen and oxygen atoms in total. The summed E-state index contributed by atoms with van der Waals surface area (Å²) in [7, 11) is 5.02. The van der Waals surface area contributed by atoms with E-state index in [0.717, 1.165) is 41.2 Å². The van der Waals surface area contributed by atoms with Gasteiger partial charge in [-0.15, -0.1) is 24.0 Å². The van der Waals surface area contributed by atoms with Gasteiger partial charge in [-0.3, -0.25) is 9.67 Å². The van der Waals surface area contributed by atoms with E-state index in [1.165, 1.54) is 5.69 Å². The number of nitrogens with zero attached hydrogens (tertiary/aromatic N) is 3. The van der Waals surface area contributed by atoms with Crippen molar-refractivity contribution in [1.82, 2.24) is 20.4 Å². The molecule has 0 amide bonds. The number of halogens is 2. The summed E-state index contributed by atoms with van der Waals surface area (Å²) in [6.45, 7) is 6.41. The Morgan fingerprint density at radius 1 is 1.18 bits per heavy atom. The number of methoxy groups -OCH3 is 2. The van der Waals surface area contributed by atoms with E-state index in [-0.39, 0.29) is 24.0 Å². The van der Waals surface area contributed by atoms with E-state index < -0.39 is 0 Å². The quantitative estimate of drug-likeness (QED) is 0.221. The summed E-state index contributed by atoms with van der Waals surface area (Å²) < 4.78 is 13.6. The monoisotopic (exact) mass is 565 g/mol. The van der Waals surface area contributed by atoms with Crippen LogP contribution in [-0.2, 0) is 13.1 Å². The highest BCUT2D eigenvalue weighted by Crippen LogP contribution is 2.36. The maximum absolute atomic E-state index is 5.39. The van der Waals surface area contributed by atoms with Crippen molar-refractivity contribution < 1.29 is 9.47 Å². The second kappa shape index (κ2) is 12.2. The number of hydrogen-bond acceptors (Lipinski definition) is 4. The molecule has 0 atom stereocenters. The van der Waals surface area contributed by atoms with Crippen molar-refractivity contribution >= 4 is 45.9 Å². The number of aryl methyl sites for hydroxylation is 3. The molecule has 2 aromatic rings. The van der Waals surface area contributed by atoms with Crippen LogP contribution in [-0.4, -0.2) is 43.6 Å². The molecule has 0 bridgehead atoms. The number of aromatic nitrogens is 2. The molecule has 0 spiro atoms. The smallest absolute Gasteiger partial charge is 0.191 e. The zero-order chi connectivity index (χ0) is 19.8. The molecule has 28 heavy (non-hydrogen) atoms. The van der Waals surface area contributed by atoms with Gasteiger partial charge >= 0.3 is 0 Å². The van der Waals surface area contributed by atoms with Crippen LogP contribution in [0.2, 0.25) is 0 Å². The van der Waals surface area contributed by atoms with Crippen LogP contribution in [0.5, 0.6) is 11.5 Å². The van der Waals surface area contributed by atoms with Gasteiger partial charge in [0, 0.05) is 32.4 Å². The van der Waals surface area contributed by atoms with Crippen LogP contribution in [0.3, 0.4) is 0 Å². The number of guanidine groups is 1. The van der Waals surface area contributed by atoms with Crippen molar-refractivity contribution in [2.75, 3.05) is 27.8 Å². The minimum Gasteiger partial charge on any atom is -0.493 e. The molecule has 0 aliphatic carbocycles. The first-order valence-corrected chi connectivity index (χ1v) is 9.63. The maximum Gasteiger partial charge on any atom is 0.191 e. The number of rotatable bonds is 8. The van der Waals surface area contributed by atoms with Crippen molar-refractivity contribution in [2.24, 2.45) is 4.99 Å². The van der Waals surface area contributed by atoms with Gasteiger partial charge in [0.05, 0.1) is 24.4 Å². The van der Waals surface area contributed by atoms with Gasteiger partial charge in [-0.2, -0.15) is 5.10 Å². The number of ether oxygens (including phenoxy) is 2. The Hall–Kier alpha value is -1.49. The van der Waals surface area contributed by atoms with Crippen LogP contribution in [0.15, 0.2) is 27.7 Å². The highest BCUT2D eigenvalue weighted by Gasteiger charge is 2.10. The van der Waals surface area contributed by atoms with Crippen molar-refractivity contribution in [3.63, 3.8) is 0 Å². The largest absolute Gasteiger partial charge is 0.493 e. The Morgan fingerprint density at radius 2 is 1.93 bits per heavy atom. The van der Waals surface area contributed by atoms with E-state index in [2.05, 4.69) is 49.6 Å². The number of aliphatic imine (C=N–C) groups is 1. The molecule has 2 rings (SSSR count). The van der Waals surface area contributed by atoms with Gasteiger partial charge < -0.3 is 20.1 Å². The van der Waals surface area contributed by atoms with E-state index >= 15 is 0 Å². The summed E-state index contributed by atoms with van der Waals surface area (Å²) >= 11 is 3.52. The van der Waals surface area contributed by atoms with Crippen molar-refractivity contribution in [1.29, 1.82) is 0 Å². The van der Waals surface area contributed by atoms with Crippen LogP contribution in [0.4, 0.5) is 0 Å². The number of benzene rings is 1. The van der Waals surface area contributed by atoms with Crippen LogP contribution < -0.4 is 20.1 Å². The van der Waals surface area contributed by atoms with Crippen LogP contribution >= 0.6 is 39.9 Å². The minimum absolute atomic E-state index is 0. The second-order valence-electron chi connectivity index (χ2n) is 6.17. The fraction of sp³-hybridized carbons (Fsp3) is 0.474. The van der Waals surface area contributed by atoms with Crippen molar-refractivity contribution in [3.8, 4) is 11.5 Å². The van der Waals surface area contributed by atoms with Crippen LogP contribution in [0, 0.1) is 13.8 Å². The first-order valence-electron chi connectivity index (χ1n) is 8.84. The third-order valence-corrected chi connectivity index (χ3v) is 4.71. The summed E-state index contributed by atoms with van der Waals surface area (Å²) in [5.41, 5.74) is 3.30. The normalized spacial score (nSPS) is 11.0. The molecular formula is C19H29BrIN5O2. The van der Waals surface area contributed by atoms with E-state index in [9.17, 15) is 0 Å². The molecule has 0 saturated carbocycles. The second-order valence-corrected chi connectivity index (χ2v) is 7.02. The minimum atomic E-state index is 0. The molecule has 0 radical (unpaired) electrons. The molecule has 2 N–H and O–H groups in total. The molecule has 0 aliphatic heterocycles. The Balaban J connectivity index is 0.00000392. The van der Waals surface area contributed by atoms with Gasteiger partial charge in [0.15, 0.2) is 17.5 Å². The van der Waals surface area contributed by atoms with Gasteiger partial charge in [0.1, 0.15) is 0 Å². The lowest BCUT2D eigenvalue weighted by Gasteiger charge is -2.15. The van der Waals surface area contributed by atoms with Gasteiger partial charge in [0.2, 0.25) is 0 Å². The Kier molecular flexibility index (Phi) is 10.7. The Morgan fingerprint density at radius 3 is 2.50 bits per heavy atom. The highest BCUT2D eigenvalue weighted by atomic mass is 127. The predicted octanol–water partition coefficient (Wildman–Crippen LogP) is 3.65. The fourth-order valence-corrected chi connectivity index (χ4v) is 3.47. The zero-order valence-corrected chi connectivity index (χ0v) is 20.9. The van der Waals surface area contributed by atoms with Gasteiger partial charge in [-0.25, -0.2) is 0 Å². The van der Waals surface area contributed by atoms with Gasteiger partial charge in [-0.05, 0) is 60.0 Å². The van der Waals surface area contributed by atoms with Gasteiger partial charge in [0.25, 0.3) is 0 Å². The zero-order valence-electron chi connectivity index (χ0n) is 17.0. The summed E-state index contributed by atoms with van der Waals surface area (Å²) in [5, 5.41) is 11.1. The van der Waals surface area contributed by atoms with Crippen molar-refractivity contribution in [2.45, 2.75) is 33.4 Å². The van der Waals surface area contributed by atoms with E-state index in [0.29, 0.717) is 18.0 Å². The Bertz CT molecular complexity index is 795. The summed E-state index contributed by atoms with van der Waals surface area (Å²) in [4.78, 5) is 4.27. The summed E-state index contributed by atoms with van der Waals surface area (Å²) in [6.07, 6.45) is 0.963. The summed E-state index contributed by atoms with van der Waals surface area (Å²) in [5.74, 6) is 2.14. The lowest BCUT2D eigenvalue weighted by molar-refractivity contribution is 0.352. The molecule has 1 aromatic carbocycles. The number of hydrogen-bond donors (Lipinski definition) is 2. The van der Waals surface area contributed by atoms with Crippen LogP contribution in [0.25, 0.3) is 0 Å². The highest BCUT2D eigenvalue weighted by molar-refractivity contribution is 14.0. The fourth-order valence-electron chi connectivity index (χ4n) is 2.82. The first-order chi connectivity index (χ1) is 13.0. The third kappa shape index (κ3) is 6.84. The molecule has 0 fully saturated rings. The summed E-state index contributed by atoms with van der Waals surface area (Å²) in [6, 6.07) is 6.05.